The number of para-hydroxylation sites is 1. The van der Waals surface area contributed by atoms with Crippen LogP contribution in [-0.4, -0.2) is 20.7 Å². The van der Waals surface area contributed by atoms with Crippen LogP contribution in [0.1, 0.15) is 10.5 Å². The third-order valence-electron chi connectivity index (χ3n) is 2.47. The lowest BCUT2D eigenvalue weighted by Gasteiger charge is -1.95. The summed E-state index contributed by atoms with van der Waals surface area (Å²) in [4.78, 5) is 15.0. The predicted molar refractivity (Wildman–Crippen MR) is 60.3 cm³/mol. The molecule has 1 N–H and O–H groups in total. The number of carbonyl (C=O) groups is 1. The van der Waals surface area contributed by atoms with E-state index >= 15 is 0 Å². The van der Waals surface area contributed by atoms with E-state index in [4.69, 9.17) is 0 Å². The molecule has 0 aliphatic heterocycles. The average Bonchev–Trinajstić information content (AvgIpc) is 2.97. The maximum atomic E-state index is 11.9. The van der Waals surface area contributed by atoms with E-state index in [0.29, 0.717) is 5.69 Å². The first kappa shape index (κ1) is 8.91. The van der Waals surface area contributed by atoms with Gasteiger partial charge in [-0.3, -0.25) is 4.79 Å². The fourth-order valence-electron chi connectivity index (χ4n) is 1.70. The van der Waals surface area contributed by atoms with Gasteiger partial charge in [0.15, 0.2) is 0 Å². The molecular formula is C12H9N3O. The van der Waals surface area contributed by atoms with Crippen LogP contribution in [-0.2, 0) is 0 Å². The molecule has 0 saturated heterocycles. The first-order valence-corrected chi connectivity index (χ1v) is 4.97. The molecule has 3 rings (SSSR count). The van der Waals surface area contributed by atoms with Gasteiger partial charge < -0.3 is 4.98 Å². The Kier molecular flexibility index (Phi) is 1.86. The summed E-state index contributed by atoms with van der Waals surface area (Å²) in [6.07, 6.45) is 3.22. The molecule has 0 fully saturated rings. The van der Waals surface area contributed by atoms with Gasteiger partial charge in [-0.15, -0.1) is 0 Å². The molecule has 2 heterocycles. The number of nitrogens with one attached hydrogen (secondary N) is 1. The minimum absolute atomic E-state index is 0.152. The Morgan fingerprint density at radius 3 is 2.88 bits per heavy atom. The summed E-state index contributed by atoms with van der Waals surface area (Å²) < 4.78 is 1.31. The van der Waals surface area contributed by atoms with Crippen LogP contribution in [0.3, 0.4) is 0 Å². The van der Waals surface area contributed by atoms with Crippen molar-refractivity contribution >= 4 is 16.8 Å². The molecule has 0 amide bonds. The number of benzene rings is 1. The van der Waals surface area contributed by atoms with E-state index in [9.17, 15) is 4.79 Å². The molecule has 0 bridgehead atoms. The van der Waals surface area contributed by atoms with Crippen LogP contribution in [0.25, 0.3) is 10.9 Å². The van der Waals surface area contributed by atoms with Gasteiger partial charge in [-0.2, -0.15) is 5.10 Å². The second-order valence-corrected chi connectivity index (χ2v) is 3.53. The van der Waals surface area contributed by atoms with Gasteiger partial charge in [-0.25, -0.2) is 4.68 Å². The zero-order valence-corrected chi connectivity index (χ0v) is 8.42. The molecule has 1 aromatic carbocycles. The molecule has 0 atom stereocenters. The summed E-state index contributed by atoms with van der Waals surface area (Å²) in [5.74, 6) is -0.152. The number of aromatic nitrogens is 3. The molecule has 0 saturated carbocycles. The average molecular weight is 211 g/mol. The molecule has 78 valence electrons. The molecule has 0 spiro atoms. The number of fused-ring (bicyclic) bond motifs is 1. The fraction of sp³-hybridized carbons (Fsp3) is 0. The predicted octanol–water partition coefficient (Wildman–Crippen LogP) is 2.05. The van der Waals surface area contributed by atoms with Crippen LogP contribution in [0, 0.1) is 0 Å². The lowest BCUT2D eigenvalue weighted by atomic mass is 10.2. The second kappa shape index (κ2) is 3.34. The standard InChI is InChI=1S/C12H9N3O/c16-12(15-7-3-6-13-15)11-8-9-4-1-2-5-10(9)14-11/h1-8,14H. The number of aromatic amines is 1. The van der Waals surface area contributed by atoms with E-state index in [-0.39, 0.29) is 5.91 Å². The van der Waals surface area contributed by atoms with Crippen LogP contribution in [0.4, 0.5) is 0 Å². The normalized spacial score (nSPS) is 10.8. The third kappa shape index (κ3) is 1.32. The maximum absolute atomic E-state index is 11.9. The van der Waals surface area contributed by atoms with Crippen molar-refractivity contribution in [2.24, 2.45) is 0 Å². The van der Waals surface area contributed by atoms with Crippen LogP contribution in [0.5, 0.6) is 0 Å². The number of hydrogen-bond donors (Lipinski definition) is 1. The van der Waals surface area contributed by atoms with Crippen LogP contribution in [0.15, 0.2) is 48.8 Å². The summed E-state index contributed by atoms with van der Waals surface area (Å²) >= 11 is 0. The Hall–Kier alpha value is -2.36. The number of H-pyrrole nitrogens is 1. The smallest absolute Gasteiger partial charge is 0.294 e. The van der Waals surface area contributed by atoms with Crippen molar-refractivity contribution < 1.29 is 4.79 Å². The van der Waals surface area contributed by atoms with Crippen molar-refractivity contribution in [2.45, 2.75) is 0 Å². The highest BCUT2D eigenvalue weighted by atomic mass is 16.2. The summed E-state index contributed by atoms with van der Waals surface area (Å²) in [7, 11) is 0. The minimum Gasteiger partial charge on any atom is -0.350 e. The van der Waals surface area contributed by atoms with Crippen molar-refractivity contribution in [3.63, 3.8) is 0 Å². The van der Waals surface area contributed by atoms with Crippen LogP contribution < -0.4 is 0 Å². The van der Waals surface area contributed by atoms with Gasteiger partial charge >= 0.3 is 0 Å². The molecule has 4 nitrogen and oxygen atoms in total. The summed E-state index contributed by atoms with van der Waals surface area (Å²) in [5, 5.41) is 4.94. The van der Waals surface area contributed by atoms with Gasteiger partial charge in [0, 0.05) is 23.3 Å². The van der Waals surface area contributed by atoms with E-state index in [1.54, 1.807) is 18.5 Å². The van der Waals surface area contributed by atoms with E-state index in [1.807, 2.05) is 30.3 Å². The van der Waals surface area contributed by atoms with Gasteiger partial charge in [0.1, 0.15) is 5.69 Å². The number of hydrogen-bond acceptors (Lipinski definition) is 2. The Balaban J connectivity index is 2.10. The van der Waals surface area contributed by atoms with E-state index in [1.165, 1.54) is 4.68 Å². The highest BCUT2D eigenvalue weighted by molar-refractivity contribution is 5.98. The third-order valence-corrected chi connectivity index (χ3v) is 2.47. The quantitative estimate of drug-likeness (QED) is 0.669. The number of rotatable bonds is 1. The van der Waals surface area contributed by atoms with Crippen LogP contribution in [0.2, 0.25) is 0 Å². The molecule has 0 aliphatic rings. The Morgan fingerprint density at radius 1 is 1.25 bits per heavy atom. The van der Waals surface area contributed by atoms with Gasteiger partial charge in [-0.05, 0) is 18.2 Å². The highest BCUT2D eigenvalue weighted by Crippen LogP contribution is 2.15. The first-order chi connectivity index (χ1) is 7.84. The first-order valence-electron chi connectivity index (χ1n) is 4.97. The molecule has 3 aromatic rings. The van der Waals surface area contributed by atoms with E-state index in [0.717, 1.165) is 10.9 Å². The summed E-state index contributed by atoms with van der Waals surface area (Å²) in [5.41, 5.74) is 1.50. The second-order valence-electron chi connectivity index (χ2n) is 3.53. The van der Waals surface area contributed by atoms with Gasteiger partial charge in [0.2, 0.25) is 0 Å². The Bertz CT molecular complexity index is 604. The van der Waals surface area contributed by atoms with Crippen molar-refractivity contribution in [1.29, 1.82) is 0 Å². The SMILES string of the molecule is O=C(c1cc2ccccc2[nH]1)n1cccn1. The molecule has 16 heavy (non-hydrogen) atoms. The van der Waals surface area contributed by atoms with Gasteiger partial charge in [0.05, 0.1) is 0 Å². The summed E-state index contributed by atoms with van der Waals surface area (Å²) in [6.45, 7) is 0. The lowest BCUT2D eigenvalue weighted by Crippen LogP contribution is -2.12. The van der Waals surface area contributed by atoms with Crippen molar-refractivity contribution in [1.82, 2.24) is 14.8 Å². The highest BCUT2D eigenvalue weighted by Gasteiger charge is 2.10. The zero-order chi connectivity index (χ0) is 11.0. The van der Waals surface area contributed by atoms with E-state index in [2.05, 4.69) is 10.1 Å². The minimum atomic E-state index is -0.152. The maximum Gasteiger partial charge on any atom is 0.294 e. The number of carbonyl (C=O) groups excluding carboxylic acids is 1. The molecule has 2 aromatic heterocycles. The molecule has 4 heteroatoms. The Morgan fingerprint density at radius 2 is 2.12 bits per heavy atom. The molecular weight excluding hydrogens is 202 g/mol. The molecule has 0 unspecified atom stereocenters. The largest absolute Gasteiger partial charge is 0.350 e. The molecule has 0 aliphatic carbocycles. The topological polar surface area (TPSA) is 50.7 Å². The van der Waals surface area contributed by atoms with Gasteiger partial charge in [-0.1, -0.05) is 18.2 Å². The van der Waals surface area contributed by atoms with Crippen molar-refractivity contribution in [2.75, 3.05) is 0 Å². The fourth-order valence-corrected chi connectivity index (χ4v) is 1.70. The van der Waals surface area contributed by atoms with Crippen LogP contribution >= 0.6 is 0 Å². The van der Waals surface area contributed by atoms with E-state index < -0.39 is 0 Å². The Labute approximate surface area is 91.5 Å². The van der Waals surface area contributed by atoms with Crippen molar-refractivity contribution in [3.8, 4) is 0 Å². The lowest BCUT2D eigenvalue weighted by molar-refractivity contribution is 0.0941. The number of nitrogens with zero attached hydrogens (tertiary/aromatic N) is 2. The van der Waals surface area contributed by atoms with Crippen molar-refractivity contribution in [3.05, 3.63) is 54.5 Å². The zero-order valence-electron chi connectivity index (χ0n) is 8.42. The summed E-state index contributed by atoms with van der Waals surface area (Å²) in [6, 6.07) is 11.3. The monoisotopic (exact) mass is 211 g/mol. The van der Waals surface area contributed by atoms with Gasteiger partial charge in [0.25, 0.3) is 5.91 Å². The molecule has 0 radical (unpaired) electrons.